The van der Waals surface area contributed by atoms with Crippen molar-refractivity contribution in [2.24, 2.45) is 28.6 Å². The summed E-state index contributed by atoms with van der Waals surface area (Å²) in [5.74, 6) is 2.49. The van der Waals surface area contributed by atoms with E-state index in [1.807, 2.05) is 61.5 Å². The predicted octanol–water partition coefficient (Wildman–Crippen LogP) is 10.6. The maximum Gasteiger partial charge on any atom is 0.338 e. The molecule has 0 aliphatic rings. The van der Waals surface area contributed by atoms with Crippen LogP contribution in [0, 0.1) is 35.5 Å². The smallest absolute Gasteiger partial charge is 0.338 e. The number of aryl methyl sites for hydroxylation is 1. The van der Waals surface area contributed by atoms with Gasteiger partial charge in [-0.15, -0.1) is 0 Å². The Morgan fingerprint density at radius 2 is 1.32 bits per heavy atom. The van der Waals surface area contributed by atoms with Gasteiger partial charge in [0.1, 0.15) is 5.75 Å². The first-order chi connectivity index (χ1) is 22.1. The van der Waals surface area contributed by atoms with Crippen LogP contribution in [0.4, 0.5) is 0 Å². The number of aromatic nitrogens is 3. The van der Waals surface area contributed by atoms with Gasteiger partial charge in [-0.05, 0) is 84.6 Å². The summed E-state index contributed by atoms with van der Waals surface area (Å²) in [6, 6.07) is 22.3. The largest absolute Gasteiger partial charge is 0.507 e. The van der Waals surface area contributed by atoms with Crippen LogP contribution in [0.1, 0.15) is 97.0 Å². The number of phenols is 1. The molecule has 3 aromatic carbocycles. The van der Waals surface area contributed by atoms with Crippen LogP contribution in [-0.4, -0.2) is 32.6 Å². The minimum Gasteiger partial charge on any atom is -0.507 e. The van der Waals surface area contributed by atoms with Crippen LogP contribution in [0.3, 0.4) is 0 Å². The van der Waals surface area contributed by atoms with Gasteiger partial charge in [-0.25, -0.2) is 19.7 Å². The number of aromatic hydroxyl groups is 1. The number of carbonyl (C=O) groups excluding carboxylic acids is 1. The van der Waals surface area contributed by atoms with E-state index in [-0.39, 0.29) is 17.1 Å². The lowest BCUT2D eigenvalue weighted by Crippen LogP contribution is -2.25. The molecule has 47 heavy (non-hydrogen) atoms. The SMILES string of the molecule is Cc1ccc(-c2nc(-c3ccccc3)nc(-c3ccc(C(=O)OCC(CCC(C)CC(C)(C)C)C(C)CC(C)(C)C)cc3)n2)c(O)c1. The first-order valence-corrected chi connectivity index (χ1v) is 17.0. The highest BCUT2D eigenvalue weighted by molar-refractivity contribution is 5.90. The molecule has 6 heteroatoms. The molecule has 0 spiro atoms. The number of phenolic OH excluding ortho intramolecular Hbond substituents is 1. The predicted molar refractivity (Wildman–Crippen MR) is 192 cm³/mol. The first kappa shape index (κ1) is 35.8. The number of nitrogens with zero attached hydrogens (tertiary/aromatic N) is 3. The lowest BCUT2D eigenvalue weighted by molar-refractivity contribution is 0.0356. The fourth-order valence-corrected chi connectivity index (χ4v) is 6.50. The van der Waals surface area contributed by atoms with Crippen LogP contribution in [0.5, 0.6) is 5.75 Å². The first-order valence-electron chi connectivity index (χ1n) is 17.0. The summed E-state index contributed by atoms with van der Waals surface area (Å²) >= 11 is 0. The molecule has 1 aromatic heterocycles. The molecule has 0 fully saturated rings. The second kappa shape index (κ2) is 15.2. The van der Waals surface area contributed by atoms with Crippen LogP contribution >= 0.6 is 0 Å². The van der Waals surface area contributed by atoms with Gasteiger partial charge in [0.2, 0.25) is 0 Å². The van der Waals surface area contributed by atoms with Gasteiger partial charge in [-0.1, -0.05) is 110 Å². The Kier molecular flexibility index (Phi) is 11.6. The zero-order chi connectivity index (χ0) is 34.4. The Morgan fingerprint density at radius 3 is 1.89 bits per heavy atom. The second-order valence-electron chi connectivity index (χ2n) is 15.8. The Labute approximate surface area is 282 Å². The molecular weight excluding hydrogens is 582 g/mol. The minimum absolute atomic E-state index is 0.109. The minimum atomic E-state index is -0.321. The number of esters is 1. The van der Waals surface area contributed by atoms with Gasteiger partial charge in [0.05, 0.1) is 17.7 Å². The third-order valence-corrected chi connectivity index (χ3v) is 8.60. The Morgan fingerprint density at radius 1 is 0.745 bits per heavy atom. The molecule has 0 saturated carbocycles. The third kappa shape index (κ3) is 10.7. The van der Waals surface area contributed by atoms with E-state index in [0.29, 0.717) is 58.4 Å². The van der Waals surface area contributed by atoms with Crippen molar-refractivity contribution < 1.29 is 14.6 Å². The van der Waals surface area contributed by atoms with Crippen LogP contribution < -0.4 is 0 Å². The topological polar surface area (TPSA) is 85.2 Å². The van der Waals surface area contributed by atoms with Gasteiger partial charge >= 0.3 is 5.97 Å². The number of hydrogen-bond acceptors (Lipinski definition) is 6. The molecule has 0 aliphatic carbocycles. The van der Waals surface area contributed by atoms with Gasteiger partial charge in [0, 0.05) is 11.1 Å². The number of ether oxygens (including phenoxy) is 1. The molecule has 6 nitrogen and oxygen atoms in total. The van der Waals surface area contributed by atoms with E-state index in [1.54, 1.807) is 18.2 Å². The van der Waals surface area contributed by atoms with E-state index >= 15 is 0 Å². The molecule has 0 bridgehead atoms. The fourth-order valence-electron chi connectivity index (χ4n) is 6.50. The number of carbonyl (C=O) groups is 1. The molecule has 4 aromatic rings. The highest BCUT2D eigenvalue weighted by Crippen LogP contribution is 2.34. The van der Waals surface area contributed by atoms with Gasteiger partial charge in [0.25, 0.3) is 0 Å². The zero-order valence-electron chi connectivity index (χ0n) is 29.8. The summed E-state index contributed by atoms with van der Waals surface area (Å²) in [6.45, 7) is 20.7. The standard InChI is InChI=1S/C41H53N3O3/c1-27-16-22-34(35(45)23-27)38-43-36(30-13-11-10-12-14-30)42-37(44-38)31-18-20-32(21-19-31)39(46)47-26-33(29(3)25-41(7,8)9)17-15-28(2)24-40(4,5)6/h10-14,16,18-23,28-29,33,45H,15,17,24-26H2,1-9H3. The summed E-state index contributed by atoms with van der Waals surface area (Å²) in [5.41, 5.74) is 4.05. The van der Waals surface area contributed by atoms with Crippen molar-refractivity contribution in [3.05, 3.63) is 83.9 Å². The summed E-state index contributed by atoms with van der Waals surface area (Å²) in [6.07, 6.45) is 4.43. The molecule has 0 amide bonds. The summed E-state index contributed by atoms with van der Waals surface area (Å²) in [4.78, 5) is 27.5. The van der Waals surface area contributed by atoms with Gasteiger partial charge in [-0.3, -0.25) is 0 Å². The Hall–Kier alpha value is -4.06. The fraction of sp³-hybridized carbons (Fsp3) is 0.463. The highest BCUT2D eigenvalue weighted by atomic mass is 16.5. The summed E-state index contributed by atoms with van der Waals surface area (Å²) < 4.78 is 5.97. The second-order valence-corrected chi connectivity index (χ2v) is 15.8. The number of rotatable bonds is 12. The maximum atomic E-state index is 13.3. The van der Waals surface area contributed by atoms with Gasteiger partial charge in [0.15, 0.2) is 17.5 Å². The summed E-state index contributed by atoms with van der Waals surface area (Å²) in [7, 11) is 0. The molecule has 3 unspecified atom stereocenters. The van der Waals surface area contributed by atoms with Crippen molar-refractivity contribution >= 4 is 5.97 Å². The van der Waals surface area contributed by atoms with Crippen molar-refractivity contribution in [3.8, 4) is 39.9 Å². The van der Waals surface area contributed by atoms with Crippen molar-refractivity contribution in [3.63, 3.8) is 0 Å². The van der Waals surface area contributed by atoms with E-state index in [0.717, 1.165) is 36.0 Å². The van der Waals surface area contributed by atoms with Crippen molar-refractivity contribution in [1.29, 1.82) is 0 Å². The Bertz CT molecular complexity index is 1620. The van der Waals surface area contributed by atoms with Crippen LogP contribution in [0.15, 0.2) is 72.8 Å². The van der Waals surface area contributed by atoms with E-state index < -0.39 is 0 Å². The lowest BCUT2D eigenvalue weighted by Gasteiger charge is -2.31. The van der Waals surface area contributed by atoms with E-state index in [2.05, 4.69) is 55.4 Å². The maximum absolute atomic E-state index is 13.3. The van der Waals surface area contributed by atoms with Crippen molar-refractivity contribution in [2.75, 3.05) is 6.61 Å². The molecule has 0 aliphatic heterocycles. The molecule has 1 heterocycles. The van der Waals surface area contributed by atoms with Crippen molar-refractivity contribution in [2.45, 2.75) is 88.0 Å². The Balaban J connectivity index is 1.53. The molecule has 4 rings (SSSR count). The molecule has 250 valence electrons. The van der Waals surface area contributed by atoms with Crippen LogP contribution in [0.2, 0.25) is 0 Å². The average Bonchev–Trinajstić information content (AvgIpc) is 2.99. The van der Waals surface area contributed by atoms with Crippen molar-refractivity contribution in [1.82, 2.24) is 15.0 Å². The molecule has 0 saturated heterocycles. The molecule has 0 radical (unpaired) electrons. The summed E-state index contributed by atoms with van der Waals surface area (Å²) in [5, 5.41) is 10.7. The van der Waals surface area contributed by atoms with Gasteiger partial charge < -0.3 is 9.84 Å². The highest BCUT2D eigenvalue weighted by Gasteiger charge is 2.26. The van der Waals surface area contributed by atoms with Crippen LogP contribution in [-0.2, 0) is 4.74 Å². The van der Waals surface area contributed by atoms with E-state index in [9.17, 15) is 9.90 Å². The van der Waals surface area contributed by atoms with Gasteiger partial charge in [-0.2, -0.15) is 0 Å². The lowest BCUT2D eigenvalue weighted by atomic mass is 9.76. The third-order valence-electron chi connectivity index (χ3n) is 8.60. The normalized spacial score (nSPS) is 14.0. The molecule has 1 N–H and O–H groups in total. The van der Waals surface area contributed by atoms with E-state index in [4.69, 9.17) is 19.7 Å². The van der Waals surface area contributed by atoms with E-state index in [1.165, 1.54) is 6.42 Å². The molecular formula is C41H53N3O3. The quantitative estimate of drug-likeness (QED) is 0.156. The average molecular weight is 636 g/mol. The number of benzene rings is 3. The van der Waals surface area contributed by atoms with Crippen LogP contribution in [0.25, 0.3) is 34.2 Å². The number of hydrogen-bond donors (Lipinski definition) is 1. The molecule has 3 atom stereocenters. The monoisotopic (exact) mass is 635 g/mol. The zero-order valence-corrected chi connectivity index (χ0v) is 29.8.